The van der Waals surface area contributed by atoms with Crippen molar-refractivity contribution in [2.75, 3.05) is 31.1 Å². The lowest BCUT2D eigenvalue weighted by Gasteiger charge is -2.39. The van der Waals surface area contributed by atoms with Gasteiger partial charge in [0, 0.05) is 18.7 Å². The molecule has 1 spiro atoms. The fraction of sp³-hybridized carbons (Fsp3) is 0.609. The number of carbonyl (C=O) groups excluding carboxylic acids is 3. The molecule has 1 aromatic rings. The number of hydrogen-bond donors (Lipinski definition) is 1. The largest absolute Gasteiger partial charge is 0.459 e. The van der Waals surface area contributed by atoms with E-state index >= 15 is 0 Å². The Morgan fingerprint density at radius 1 is 1.10 bits per heavy atom. The Kier molecular flexibility index (Phi) is 5.34. The lowest BCUT2D eigenvalue weighted by atomic mass is 9.76. The maximum atomic E-state index is 12.2. The van der Waals surface area contributed by atoms with Crippen LogP contribution in [0.5, 0.6) is 0 Å². The zero-order valence-electron chi connectivity index (χ0n) is 18.1. The van der Waals surface area contributed by atoms with Gasteiger partial charge in [0.25, 0.3) is 0 Å². The Labute approximate surface area is 177 Å². The number of ether oxygens (including phenoxy) is 1. The predicted octanol–water partition coefficient (Wildman–Crippen LogP) is 2.66. The minimum Gasteiger partial charge on any atom is -0.459 e. The highest BCUT2D eigenvalue weighted by molar-refractivity contribution is 6.05. The molecule has 1 N–H and O–H groups in total. The summed E-state index contributed by atoms with van der Waals surface area (Å²) in [7, 11) is 0. The molecule has 162 valence electrons. The van der Waals surface area contributed by atoms with Gasteiger partial charge < -0.3 is 4.74 Å². The molecule has 0 bridgehead atoms. The first-order valence-corrected chi connectivity index (χ1v) is 10.8. The zero-order valence-corrected chi connectivity index (χ0v) is 18.1. The number of benzene rings is 1. The van der Waals surface area contributed by atoms with Gasteiger partial charge in [0.2, 0.25) is 5.91 Å². The fourth-order valence-corrected chi connectivity index (χ4v) is 4.89. The molecule has 4 rings (SSSR count). The monoisotopic (exact) mass is 413 g/mol. The SMILES string of the molecule is CC(C)(C)OC(=O)CN1CCC2(CC1)Cc1ccc(N3CCC(=O)NC3=O)cc1C2. The van der Waals surface area contributed by atoms with E-state index in [1.165, 1.54) is 11.1 Å². The van der Waals surface area contributed by atoms with Crippen molar-refractivity contribution in [1.29, 1.82) is 0 Å². The number of nitrogens with zero attached hydrogens (tertiary/aromatic N) is 2. The van der Waals surface area contributed by atoms with Crippen LogP contribution in [0.3, 0.4) is 0 Å². The summed E-state index contributed by atoms with van der Waals surface area (Å²) in [6.07, 6.45) is 4.50. The number of hydrogen-bond acceptors (Lipinski definition) is 5. The first-order chi connectivity index (χ1) is 14.1. The Hall–Kier alpha value is -2.41. The second-order valence-corrected chi connectivity index (χ2v) is 9.92. The van der Waals surface area contributed by atoms with E-state index in [0.29, 0.717) is 19.5 Å². The summed E-state index contributed by atoms with van der Waals surface area (Å²) >= 11 is 0. The van der Waals surface area contributed by atoms with Crippen molar-refractivity contribution in [3.8, 4) is 0 Å². The van der Waals surface area contributed by atoms with E-state index in [4.69, 9.17) is 4.74 Å². The molecule has 3 aliphatic rings. The van der Waals surface area contributed by atoms with Gasteiger partial charge in [-0.25, -0.2) is 4.79 Å². The number of imide groups is 1. The van der Waals surface area contributed by atoms with Crippen molar-refractivity contribution < 1.29 is 19.1 Å². The number of anilines is 1. The van der Waals surface area contributed by atoms with Crippen LogP contribution in [0.15, 0.2) is 18.2 Å². The van der Waals surface area contributed by atoms with Crippen molar-refractivity contribution in [3.63, 3.8) is 0 Å². The third-order valence-electron chi connectivity index (χ3n) is 6.38. The van der Waals surface area contributed by atoms with Crippen LogP contribution in [0.1, 0.15) is 51.2 Å². The summed E-state index contributed by atoms with van der Waals surface area (Å²) in [6, 6.07) is 5.91. The quantitative estimate of drug-likeness (QED) is 0.771. The van der Waals surface area contributed by atoms with E-state index in [-0.39, 0.29) is 23.3 Å². The molecule has 0 atom stereocenters. The number of rotatable bonds is 3. The lowest BCUT2D eigenvalue weighted by molar-refractivity contribution is -0.156. The summed E-state index contributed by atoms with van der Waals surface area (Å²) in [5, 5.41) is 2.39. The Morgan fingerprint density at radius 3 is 2.47 bits per heavy atom. The number of amides is 3. The molecule has 1 aromatic carbocycles. The Bertz CT molecular complexity index is 866. The van der Waals surface area contributed by atoms with E-state index in [0.717, 1.165) is 44.5 Å². The molecule has 2 saturated heterocycles. The van der Waals surface area contributed by atoms with E-state index < -0.39 is 5.60 Å². The molecular formula is C23H31N3O4. The molecule has 3 amide bonds. The fourth-order valence-electron chi connectivity index (χ4n) is 4.89. The van der Waals surface area contributed by atoms with Crippen molar-refractivity contribution in [1.82, 2.24) is 10.2 Å². The molecule has 0 radical (unpaired) electrons. The molecule has 0 aromatic heterocycles. The molecule has 7 heteroatoms. The van der Waals surface area contributed by atoms with Crippen LogP contribution in [0.2, 0.25) is 0 Å². The van der Waals surface area contributed by atoms with Gasteiger partial charge in [-0.2, -0.15) is 0 Å². The molecule has 1 aliphatic carbocycles. The number of piperidine rings is 1. The number of fused-ring (bicyclic) bond motifs is 1. The van der Waals surface area contributed by atoms with Crippen molar-refractivity contribution in [3.05, 3.63) is 29.3 Å². The first-order valence-electron chi connectivity index (χ1n) is 10.8. The maximum absolute atomic E-state index is 12.2. The Morgan fingerprint density at radius 2 is 1.80 bits per heavy atom. The van der Waals surface area contributed by atoms with Crippen LogP contribution in [0.4, 0.5) is 10.5 Å². The minimum absolute atomic E-state index is 0.156. The average molecular weight is 414 g/mol. The van der Waals surface area contributed by atoms with Gasteiger partial charge in [-0.3, -0.25) is 24.7 Å². The minimum atomic E-state index is -0.447. The summed E-state index contributed by atoms with van der Waals surface area (Å²) < 4.78 is 5.46. The molecule has 7 nitrogen and oxygen atoms in total. The van der Waals surface area contributed by atoms with Gasteiger partial charge in [0.15, 0.2) is 0 Å². The van der Waals surface area contributed by atoms with Crippen molar-refractivity contribution in [2.24, 2.45) is 5.41 Å². The summed E-state index contributed by atoms with van der Waals surface area (Å²) in [4.78, 5) is 39.5. The average Bonchev–Trinajstić information content (AvgIpc) is 2.99. The molecule has 0 saturated carbocycles. The molecule has 0 unspecified atom stereocenters. The van der Waals surface area contributed by atoms with Gasteiger partial charge in [-0.15, -0.1) is 0 Å². The van der Waals surface area contributed by atoms with Crippen LogP contribution < -0.4 is 10.2 Å². The number of esters is 1. The van der Waals surface area contributed by atoms with Crippen LogP contribution in [-0.4, -0.2) is 54.6 Å². The first kappa shape index (κ1) is 20.8. The second-order valence-electron chi connectivity index (χ2n) is 9.92. The van der Waals surface area contributed by atoms with Crippen molar-refractivity contribution >= 4 is 23.6 Å². The number of urea groups is 1. The lowest BCUT2D eigenvalue weighted by Crippen LogP contribution is -2.49. The van der Waals surface area contributed by atoms with Crippen LogP contribution >= 0.6 is 0 Å². The number of nitrogens with one attached hydrogen (secondary N) is 1. The normalized spacial score (nSPS) is 21.5. The zero-order chi connectivity index (χ0) is 21.5. The molecule has 2 heterocycles. The number of likely N-dealkylation sites (tertiary alicyclic amines) is 1. The van der Waals surface area contributed by atoms with Gasteiger partial charge in [0.05, 0.1) is 6.54 Å². The number of carbonyl (C=O) groups is 3. The smallest absolute Gasteiger partial charge is 0.328 e. The van der Waals surface area contributed by atoms with E-state index in [1.807, 2.05) is 26.8 Å². The highest BCUT2D eigenvalue weighted by Gasteiger charge is 2.40. The highest BCUT2D eigenvalue weighted by atomic mass is 16.6. The van der Waals surface area contributed by atoms with Crippen LogP contribution in [-0.2, 0) is 27.2 Å². The van der Waals surface area contributed by atoms with Gasteiger partial charge in [-0.1, -0.05) is 6.07 Å². The third-order valence-corrected chi connectivity index (χ3v) is 6.38. The van der Waals surface area contributed by atoms with E-state index in [1.54, 1.807) is 4.90 Å². The topological polar surface area (TPSA) is 79.0 Å². The van der Waals surface area contributed by atoms with Crippen LogP contribution in [0, 0.1) is 5.41 Å². The summed E-state index contributed by atoms with van der Waals surface area (Å²) in [5.74, 6) is -0.370. The molecule has 2 fully saturated rings. The van der Waals surface area contributed by atoms with Crippen LogP contribution in [0.25, 0.3) is 0 Å². The second kappa shape index (κ2) is 7.69. The van der Waals surface area contributed by atoms with Gasteiger partial charge in [-0.05, 0) is 88.2 Å². The summed E-state index contributed by atoms with van der Waals surface area (Å²) in [5.41, 5.74) is 3.31. The summed E-state index contributed by atoms with van der Waals surface area (Å²) in [6.45, 7) is 8.26. The molecule has 30 heavy (non-hydrogen) atoms. The standard InChI is InChI=1S/C23H31N3O4/c1-22(2,3)30-20(28)15-25-10-7-23(8-11-25)13-16-4-5-18(12-17(16)14-23)26-9-6-19(27)24-21(26)29/h4-5,12H,6-11,13-15H2,1-3H3,(H,24,27,29). The van der Waals surface area contributed by atoms with Gasteiger partial charge >= 0.3 is 12.0 Å². The maximum Gasteiger partial charge on any atom is 0.328 e. The van der Waals surface area contributed by atoms with E-state index in [2.05, 4.69) is 22.3 Å². The molecule has 2 aliphatic heterocycles. The highest BCUT2D eigenvalue weighted by Crippen LogP contribution is 2.45. The van der Waals surface area contributed by atoms with Gasteiger partial charge in [0.1, 0.15) is 5.60 Å². The van der Waals surface area contributed by atoms with Crippen molar-refractivity contribution in [2.45, 2.75) is 58.5 Å². The van der Waals surface area contributed by atoms with E-state index in [9.17, 15) is 14.4 Å². The predicted molar refractivity (Wildman–Crippen MR) is 113 cm³/mol. The Balaban J connectivity index is 1.36. The molecular weight excluding hydrogens is 382 g/mol. The third kappa shape index (κ3) is 4.51.